The zero-order valence-electron chi connectivity index (χ0n) is 21.9. The van der Waals surface area contributed by atoms with E-state index >= 15 is 0 Å². The van der Waals surface area contributed by atoms with Crippen molar-refractivity contribution in [3.8, 4) is 34.2 Å². The summed E-state index contributed by atoms with van der Waals surface area (Å²) in [6.45, 7) is 2.99. The number of aromatic hydroxyl groups is 2. The lowest BCUT2D eigenvalue weighted by Crippen LogP contribution is -2.05. The number of benzene rings is 4. The van der Waals surface area contributed by atoms with Gasteiger partial charge in [0.15, 0.2) is 11.4 Å². The number of fused-ring (bicyclic) bond motifs is 1. The van der Waals surface area contributed by atoms with Crippen molar-refractivity contribution >= 4 is 28.4 Å². The van der Waals surface area contributed by atoms with Crippen LogP contribution in [0.1, 0.15) is 16.7 Å². The lowest BCUT2D eigenvalue weighted by atomic mass is 10.0. The summed E-state index contributed by atoms with van der Waals surface area (Å²) in [6, 6.07) is 16.1. The Labute approximate surface area is 235 Å². The van der Waals surface area contributed by atoms with Crippen LogP contribution >= 0.6 is 0 Å². The summed E-state index contributed by atoms with van der Waals surface area (Å²) in [4.78, 5) is 10.9. The van der Waals surface area contributed by atoms with Crippen molar-refractivity contribution in [1.29, 1.82) is 0 Å². The van der Waals surface area contributed by atoms with Gasteiger partial charge in [0.25, 0.3) is 0 Å². The van der Waals surface area contributed by atoms with Crippen LogP contribution in [-0.2, 0) is 6.18 Å². The Kier molecular flexibility index (Phi) is 7.07. The van der Waals surface area contributed by atoms with E-state index in [2.05, 4.69) is 15.0 Å². The molecule has 5 rings (SSSR count). The molecule has 1 heterocycles. The van der Waals surface area contributed by atoms with E-state index in [4.69, 9.17) is 5.11 Å². The van der Waals surface area contributed by atoms with Crippen LogP contribution in [0.2, 0.25) is 0 Å². The smallest absolute Gasteiger partial charge is 0.505 e. The van der Waals surface area contributed by atoms with Crippen molar-refractivity contribution in [3.05, 3.63) is 95.3 Å². The number of aromatic nitrogens is 1. The Morgan fingerprint density at radius 1 is 0.905 bits per heavy atom. The van der Waals surface area contributed by atoms with Crippen LogP contribution in [0.15, 0.2) is 83.0 Å². The molecule has 4 aromatic carbocycles. The van der Waals surface area contributed by atoms with Crippen molar-refractivity contribution in [3.63, 3.8) is 0 Å². The van der Waals surface area contributed by atoms with Gasteiger partial charge >= 0.3 is 12.3 Å². The third kappa shape index (κ3) is 5.21. The molecule has 0 radical (unpaired) electrons. The summed E-state index contributed by atoms with van der Waals surface area (Å²) in [7, 11) is 0. The van der Waals surface area contributed by atoms with E-state index in [-0.39, 0.29) is 56.2 Å². The summed E-state index contributed by atoms with van der Waals surface area (Å²) < 4.78 is 60.9. The number of phenols is 1. The highest BCUT2D eigenvalue weighted by atomic mass is 19.4. The van der Waals surface area contributed by atoms with E-state index in [1.54, 1.807) is 18.2 Å². The first-order valence-electron chi connectivity index (χ1n) is 12.3. The Bertz CT molecular complexity index is 1870. The van der Waals surface area contributed by atoms with Gasteiger partial charge in [-0.1, -0.05) is 24.3 Å². The molecule has 5 aromatic rings. The van der Waals surface area contributed by atoms with Crippen LogP contribution in [0.5, 0.6) is 17.4 Å². The number of carbonyl (C=O) groups is 1. The molecule has 1 aromatic heterocycles. The summed E-state index contributed by atoms with van der Waals surface area (Å²) in [5.74, 6) is -1.34. The topological polar surface area (TPSA) is 117 Å². The van der Waals surface area contributed by atoms with Gasteiger partial charge in [0.05, 0.1) is 11.1 Å². The maximum absolute atomic E-state index is 14.3. The highest BCUT2D eigenvalue weighted by Gasteiger charge is 2.32. The number of para-hydroxylation sites is 1. The monoisotopic (exact) mass is 579 g/mol. The van der Waals surface area contributed by atoms with Crippen LogP contribution in [0.25, 0.3) is 27.7 Å². The van der Waals surface area contributed by atoms with Crippen molar-refractivity contribution in [2.24, 2.45) is 10.2 Å². The first kappa shape index (κ1) is 28.1. The molecule has 0 saturated carbocycles. The number of nitrogens with zero attached hydrogens (tertiary/aromatic N) is 3. The maximum Gasteiger partial charge on any atom is 0.511 e. The molecule has 42 heavy (non-hydrogen) atoms. The lowest BCUT2D eigenvalue weighted by molar-refractivity contribution is -0.137. The predicted octanol–water partition coefficient (Wildman–Crippen LogP) is 8.96. The third-order valence-corrected chi connectivity index (χ3v) is 6.55. The van der Waals surface area contributed by atoms with Gasteiger partial charge in [-0.05, 0) is 79.1 Å². The number of rotatable bonds is 5. The van der Waals surface area contributed by atoms with Crippen molar-refractivity contribution in [2.75, 3.05) is 0 Å². The van der Waals surface area contributed by atoms with E-state index in [0.29, 0.717) is 5.56 Å². The molecular weight excluding hydrogens is 558 g/mol. The lowest BCUT2D eigenvalue weighted by Gasteiger charge is -2.12. The van der Waals surface area contributed by atoms with E-state index in [9.17, 15) is 32.6 Å². The van der Waals surface area contributed by atoms with Crippen molar-refractivity contribution < 1.29 is 42.4 Å². The number of hydrogen-bond donors (Lipinski definition) is 3. The Morgan fingerprint density at radius 2 is 1.60 bits per heavy atom. The Morgan fingerprint density at radius 3 is 2.26 bits per heavy atom. The molecule has 0 aliphatic heterocycles. The number of carboxylic acid groups (broad SMARTS) is 1. The molecule has 0 spiro atoms. The zero-order valence-corrected chi connectivity index (χ0v) is 21.9. The minimum Gasteiger partial charge on any atom is -0.505 e. The second-order valence-electron chi connectivity index (χ2n) is 9.40. The number of hydrogen-bond acceptors (Lipinski definition) is 6. The van der Waals surface area contributed by atoms with Gasteiger partial charge in [0.1, 0.15) is 17.3 Å². The minimum atomic E-state index is -4.67. The second kappa shape index (κ2) is 10.5. The van der Waals surface area contributed by atoms with Crippen molar-refractivity contribution in [2.45, 2.75) is 20.0 Å². The molecule has 214 valence electrons. The number of halogens is 4. The zero-order chi connectivity index (χ0) is 30.3. The average Bonchev–Trinajstić information content (AvgIpc) is 3.20. The van der Waals surface area contributed by atoms with E-state index < -0.39 is 29.6 Å². The van der Waals surface area contributed by atoms with Crippen LogP contribution in [0.4, 0.5) is 33.7 Å². The Balaban J connectivity index is 1.65. The third-order valence-electron chi connectivity index (χ3n) is 6.55. The summed E-state index contributed by atoms with van der Waals surface area (Å²) in [5.41, 5.74) is 0.0929. The molecule has 0 unspecified atom stereocenters. The highest BCUT2D eigenvalue weighted by molar-refractivity contribution is 5.97. The van der Waals surface area contributed by atoms with Gasteiger partial charge in [0.2, 0.25) is 5.88 Å². The normalized spacial score (nSPS) is 11.9. The fourth-order valence-electron chi connectivity index (χ4n) is 4.62. The minimum absolute atomic E-state index is 0.0219. The molecule has 0 atom stereocenters. The molecule has 0 saturated heterocycles. The average molecular weight is 580 g/mol. The fraction of sp³-hybridized carbons (Fsp3) is 0.100. The van der Waals surface area contributed by atoms with Crippen LogP contribution in [0.3, 0.4) is 0 Å². The first-order valence-corrected chi connectivity index (χ1v) is 12.3. The Hall–Kier alpha value is -5.39. The van der Waals surface area contributed by atoms with Gasteiger partial charge in [-0.3, -0.25) is 4.57 Å². The van der Waals surface area contributed by atoms with E-state index in [1.165, 1.54) is 50.2 Å². The maximum atomic E-state index is 14.3. The first-order chi connectivity index (χ1) is 19.8. The van der Waals surface area contributed by atoms with Gasteiger partial charge in [-0.25, -0.2) is 9.18 Å². The molecule has 0 aliphatic rings. The molecule has 0 amide bonds. The second-order valence-corrected chi connectivity index (χ2v) is 9.40. The highest BCUT2D eigenvalue weighted by Crippen LogP contribution is 2.45. The largest absolute Gasteiger partial charge is 0.511 e. The van der Waals surface area contributed by atoms with Gasteiger partial charge in [-0.15, -0.1) is 10.2 Å². The predicted molar refractivity (Wildman–Crippen MR) is 146 cm³/mol. The van der Waals surface area contributed by atoms with Gasteiger partial charge in [-0.2, -0.15) is 13.2 Å². The number of azo groups is 1. The number of ether oxygens (including phenoxy) is 1. The quantitative estimate of drug-likeness (QED) is 0.0832. The van der Waals surface area contributed by atoms with Crippen molar-refractivity contribution in [1.82, 2.24) is 4.57 Å². The molecule has 8 nitrogen and oxygen atoms in total. The van der Waals surface area contributed by atoms with E-state index in [1.807, 2.05) is 0 Å². The molecule has 0 aliphatic carbocycles. The van der Waals surface area contributed by atoms with Crippen LogP contribution in [-0.4, -0.2) is 26.0 Å². The molecule has 0 fully saturated rings. The van der Waals surface area contributed by atoms with E-state index in [0.717, 1.165) is 22.8 Å². The van der Waals surface area contributed by atoms with Crippen LogP contribution in [0, 0.1) is 19.7 Å². The fourth-order valence-corrected chi connectivity index (χ4v) is 4.62. The summed E-state index contributed by atoms with van der Waals surface area (Å²) in [6.07, 6.45) is -6.18. The SMILES string of the molecule is Cc1cc(-n2c(O)c(N=Nc3cccc(-c4cccc(OC(=O)O)c4)c3O)c3ccc(C(F)(F)F)cc32)cc(C)c1F. The number of alkyl halides is 3. The number of phenolic OH excluding ortho intramolecular Hbond substituents is 1. The molecule has 12 heteroatoms. The van der Waals surface area contributed by atoms with Gasteiger partial charge < -0.3 is 20.1 Å². The molecular formula is C30H21F4N3O5. The standard InChI is InChI=1S/C30H21F4N3O5/c1-15-11-19(12-16(2)25(15)31)37-24-14-18(30(32,33)34)9-10-22(24)26(28(37)39)36-35-23-8-4-7-21(27(23)38)17-5-3-6-20(13-17)42-29(40)41/h3-14,38-39H,1-2H3,(H,40,41). The molecule has 0 bridgehead atoms. The van der Waals surface area contributed by atoms with Gasteiger partial charge in [0, 0.05) is 16.6 Å². The summed E-state index contributed by atoms with van der Waals surface area (Å²) in [5, 5.41) is 39.3. The van der Waals surface area contributed by atoms with Crippen LogP contribution < -0.4 is 4.74 Å². The number of aryl methyl sites for hydroxylation is 2. The molecule has 3 N–H and O–H groups in total. The summed E-state index contributed by atoms with van der Waals surface area (Å²) >= 11 is 0.